The van der Waals surface area contributed by atoms with E-state index in [0.29, 0.717) is 5.56 Å². The zero-order valence-electron chi connectivity index (χ0n) is 10.4. The molecule has 0 bridgehead atoms. The lowest BCUT2D eigenvalue weighted by atomic mass is 10.1. The summed E-state index contributed by atoms with van der Waals surface area (Å²) in [5.41, 5.74) is 2.53. The zero-order chi connectivity index (χ0) is 12.4. The second-order valence-corrected chi connectivity index (χ2v) is 4.03. The lowest BCUT2D eigenvalue weighted by Gasteiger charge is -2.18. The molecule has 4 nitrogen and oxygen atoms in total. The number of aryl methyl sites for hydroxylation is 1. The van der Waals surface area contributed by atoms with Gasteiger partial charge in [-0.05, 0) is 39.0 Å². The van der Waals surface area contributed by atoms with Crippen molar-refractivity contribution in [3.8, 4) is 0 Å². The summed E-state index contributed by atoms with van der Waals surface area (Å²) in [7, 11) is 0. The van der Waals surface area contributed by atoms with Gasteiger partial charge in [0.05, 0.1) is 11.0 Å². The Morgan fingerprint density at radius 3 is 2.71 bits per heavy atom. The zero-order valence-corrected chi connectivity index (χ0v) is 10.4. The number of carbonyl (C=O) groups is 1. The van der Waals surface area contributed by atoms with Crippen molar-refractivity contribution in [3.63, 3.8) is 0 Å². The number of aromatic amines is 1. The van der Waals surface area contributed by atoms with Gasteiger partial charge in [-0.15, -0.1) is 0 Å². The number of nitrogens with one attached hydrogen (secondary N) is 1. The molecule has 1 aromatic carbocycles. The van der Waals surface area contributed by atoms with Gasteiger partial charge in [0.25, 0.3) is 5.91 Å². The van der Waals surface area contributed by atoms with Crippen LogP contribution >= 0.6 is 0 Å². The van der Waals surface area contributed by atoms with E-state index in [-0.39, 0.29) is 5.91 Å². The van der Waals surface area contributed by atoms with Gasteiger partial charge >= 0.3 is 0 Å². The van der Waals surface area contributed by atoms with E-state index < -0.39 is 0 Å². The summed E-state index contributed by atoms with van der Waals surface area (Å²) >= 11 is 0. The molecule has 0 saturated carbocycles. The quantitative estimate of drug-likeness (QED) is 0.881. The summed E-state index contributed by atoms with van der Waals surface area (Å²) in [6, 6.07) is 5.59. The van der Waals surface area contributed by atoms with Crippen LogP contribution in [-0.4, -0.2) is 33.9 Å². The number of nitrogens with zero attached hydrogens (tertiary/aromatic N) is 2. The molecule has 0 spiro atoms. The summed E-state index contributed by atoms with van der Waals surface area (Å²) in [6.45, 7) is 7.34. The minimum Gasteiger partial charge on any atom is -0.342 e. The molecule has 1 amide bonds. The second kappa shape index (κ2) is 4.57. The highest BCUT2D eigenvalue weighted by atomic mass is 16.2. The fraction of sp³-hybridized carbons (Fsp3) is 0.385. The molecule has 0 unspecified atom stereocenters. The van der Waals surface area contributed by atoms with Gasteiger partial charge in [0.2, 0.25) is 0 Å². The third-order valence-corrected chi connectivity index (χ3v) is 2.90. The van der Waals surface area contributed by atoms with E-state index in [9.17, 15) is 4.79 Å². The highest BCUT2D eigenvalue weighted by Gasteiger charge is 2.13. The predicted molar refractivity (Wildman–Crippen MR) is 68.1 cm³/mol. The van der Waals surface area contributed by atoms with Crippen molar-refractivity contribution in [1.29, 1.82) is 0 Å². The van der Waals surface area contributed by atoms with Crippen LogP contribution in [0.5, 0.6) is 0 Å². The van der Waals surface area contributed by atoms with Crippen molar-refractivity contribution in [2.45, 2.75) is 20.8 Å². The molecule has 4 heteroatoms. The first kappa shape index (κ1) is 11.6. The van der Waals surface area contributed by atoms with Crippen molar-refractivity contribution < 1.29 is 4.79 Å². The molecule has 1 heterocycles. The maximum atomic E-state index is 12.1. The number of H-pyrrole nitrogens is 1. The average Bonchev–Trinajstić information content (AvgIpc) is 2.69. The van der Waals surface area contributed by atoms with Crippen LogP contribution in [0.4, 0.5) is 0 Å². The van der Waals surface area contributed by atoms with Crippen molar-refractivity contribution in [1.82, 2.24) is 14.9 Å². The first-order valence-electron chi connectivity index (χ1n) is 5.91. The van der Waals surface area contributed by atoms with Gasteiger partial charge in [0, 0.05) is 18.7 Å². The third-order valence-electron chi connectivity index (χ3n) is 2.90. The molecular weight excluding hydrogens is 214 g/mol. The highest BCUT2D eigenvalue weighted by molar-refractivity contribution is 5.97. The SMILES string of the molecule is CCN(CC)C(=O)c1ccc2nc(C)[nH]c2c1. The molecule has 17 heavy (non-hydrogen) atoms. The summed E-state index contributed by atoms with van der Waals surface area (Å²) in [6.07, 6.45) is 0. The van der Waals surface area contributed by atoms with Gasteiger partial charge in [-0.25, -0.2) is 4.98 Å². The van der Waals surface area contributed by atoms with Crippen LogP contribution in [0, 0.1) is 6.92 Å². The van der Waals surface area contributed by atoms with E-state index in [0.717, 1.165) is 29.9 Å². The molecule has 2 aromatic rings. The largest absolute Gasteiger partial charge is 0.342 e. The number of aromatic nitrogens is 2. The van der Waals surface area contributed by atoms with E-state index in [1.54, 1.807) is 0 Å². The van der Waals surface area contributed by atoms with Crippen molar-refractivity contribution in [2.24, 2.45) is 0 Å². The van der Waals surface area contributed by atoms with Crippen molar-refractivity contribution >= 4 is 16.9 Å². The lowest BCUT2D eigenvalue weighted by molar-refractivity contribution is 0.0773. The molecule has 0 aliphatic heterocycles. The van der Waals surface area contributed by atoms with Crippen LogP contribution in [0.25, 0.3) is 11.0 Å². The molecule has 0 saturated heterocycles. The standard InChI is InChI=1S/C13H17N3O/c1-4-16(5-2)13(17)10-6-7-11-12(8-10)15-9(3)14-11/h6-8H,4-5H2,1-3H3,(H,14,15). The molecule has 2 rings (SSSR count). The van der Waals surface area contributed by atoms with E-state index in [1.165, 1.54) is 0 Å². The Bertz CT molecular complexity index is 541. The molecule has 0 aliphatic rings. The van der Waals surface area contributed by atoms with Crippen molar-refractivity contribution in [2.75, 3.05) is 13.1 Å². The second-order valence-electron chi connectivity index (χ2n) is 4.03. The molecule has 90 valence electrons. The molecule has 1 aromatic heterocycles. The Hall–Kier alpha value is -1.84. The Morgan fingerprint density at radius 2 is 2.06 bits per heavy atom. The Balaban J connectivity index is 2.38. The minimum absolute atomic E-state index is 0.0733. The summed E-state index contributed by atoms with van der Waals surface area (Å²) in [5.74, 6) is 0.941. The number of benzene rings is 1. The number of amides is 1. The Labute approximate surface area is 101 Å². The summed E-state index contributed by atoms with van der Waals surface area (Å²) in [5, 5.41) is 0. The molecule has 0 radical (unpaired) electrons. The van der Waals surface area contributed by atoms with Crippen LogP contribution in [0.1, 0.15) is 30.0 Å². The summed E-state index contributed by atoms with van der Waals surface area (Å²) < 4.78 is 0. The maximum Gasteiger partial charge on any atom is 0.253 e. The van der Waals surface area contributed by atoms with E-state index in [4.69, 9.17) is 0 Å². The molecular formula is C13H17N3O. The predicted octanol–water partition coefficient (Wildman–Crippen LogP) is 2.35. The van der Waals surface area contributed by atoms with E-state index in [2.05, 4.69) is 9.97 Å². The Kier molecular flexibility index (Phi) is 3.13. The average molecular weight is 231 g/mol. The van der Waals surface area contributed by atoms with Gasteiger partial charge in [-0.2, -0.15) is 0 Å². The van der Waals surface area contributed by atoms with Crippen LogP contribution in [0.3, 0.4) is 0 Å². The molecule has 1 N–H and O–H groups in total. The van der Waals surface area contributed by atoms with Gasteiger partial charge in [0.1, 0.15) is 5.82 Å². The number of imidazole rings is 1. The smallest absolute Gasteiger partial charge is 0.253 e. The van der Waals surface area contributed by atoms with Crippen LogP contribution in [0.2, 0.25) is 0 Å². The number of hydrogen-bond donors (Lipinski definition) is 1. The fourth-order valence-electron chi connectivity index (χ4n) is 1.96. The normalized spacial score (nSPS) is 10.8. The summed E-state index contributed by atoms with van der Waals surface area (Å²) in [4.78, 5) is 21.4. The number of rotatable bonds is 3. The number of hydrogen-bond acceptors (Lipinski definition) is 2. The number of fused-ring (bicyclic) bond motifs is 1. The van der Waals surface area contributed by atoms with E-state index >= 15 is 0 Å². The molecule has 0 aliphatic carbocycles. The number of carbonyl (C=O) groups excluding carboxylic acids is 1. The van der Waals surface area contributed by atoms with Gasteiger partial charge < -0.3 is 9.88 Å². The highest BCUT2D eigenvalue weighted by Crippen LogP contribution is 2.15. The van der Waals surface area contributed by atoms with Crippen molar-refractivity contribution in [3.05, 3.63) is 29.6 Å². The van der Waals surface area contributed by atoms with Crippen LogP contribution in [-0.2, 0) is 0 Å². The minimum atomic E-state index is 0.0733. The van der Waals surface area contributed by atoms with Gasteiger partial charge in [0.15, 0.2) is 0 Å². The first-order valence-corrected chi connectivity index (χ1v) is 5.91. The monoisotopic (exact) mass is 231 g/mol. The Morgan fingerprint density at radius 1 is 1.35 bits per heavy atom. The lowest BCUT2D eigenvalue weighted by Crippen LogP contribution is -2.30. The molecule has 0 fully saturated rings. The molecule has 0 atom stereocenters. The van der Waals surface area contributed by atoms with E-state index in [1.807, 2.05) is 43.9 Å². The van der Waals surface area contributed by atoms with Crippen LogP contribution in [0.15, 0.2) is 18.2 Å². The first-order chi connectivity index (χ1) is 8.15. The van der Waals surface area contributed by atoms with Gasteiger partial charge in [-0.1, -0.05) is 0 Å². The van der Waals surface area contributed by atoms with Gasteiger partial charge in [-0.3, -0.25) is 4.79 Å². The third kappa shape index (κ3) is 2.16. The maximum absolute atomic E-state index is 12.1. The fourth-order valence-corrected chi connectivity index (χ4v) is 1.96. The topological polar surface area (TPSA) is 49.0 Å². The van der Waals surface area contributed by atoms with Crippen LogP contribution < -0.4 is 0 Å².